The van der Waals surface area contributed by atoms with Crippen molar-refractivity contribution in [2.24, 2.45) is 0 Å². The maximum atomic E-state index is 11.2. The third-order valence-electron chi connectivity index (χ3n) is 8.52. The van der Waals surface area contributed by atoms with Crippen molar-refractivity contribution < 1.29 is 19.7 Å². The average Bonchev–Trinajstić information content (AvgIpc) is 3.02. The summed E-state index contributed by atoms with van der Waals surface area (Å²) in [7, 11) is 0. The molecule has 252 valence electrons. The van der Waals surface area contributed by atoms with E-state index in [1.54, 1.807) is 19.1 Å². The molecule has 1 aromatic heterocycles. The molecule has 2 atom stereocenters. The number of hydrogen-bond donors (Lipinski definition) is 2. The molecule has 0 amide bonds. The highest BCUT2D eigenvalue weighted by Gasteiger charge is 2.20. The maximum Gasteiger partial charge on any atom is 0.225 e. The zero-order valence-electron chi connectivity index (χ0n) is 29.2. The fraction of sp³-hybridized carbons (Fsp3) is 0.475. The van der Waals surface area contributed by atoms with Gasteiger partial charge in [0.15, 0.2) is 17.5 Å². The molecule has 2 N–H and O–H groups in total. The number of unbranched alkanes of at least 4 members (excludes halogenated alkanes) is 9. The van der Waals surface area contributed by atoms with Gasteiger partial charge in [-0.25, -0.2) is 15.0 Å². The Morgan fingerprint density at radius 1 is 0.617 bits per heavy atom. The van der Waals surface area contributed by atoms with Crippen LogP contribution in [0.3, 0.4) is 0 Å². The summed E-state index contributed by atoms with van der Waals surface area (Å²) in [6, 6.07) is 17.4. The molecule has 0 bridgehead atoms. The minimum atomic E-state index is -0.844. The second-order valence-corrected chi connectivity index (χ2v) is 12.9. The second-order valence-electron chi connectivity index (χ2n) is 12.9. The van der Waals surface area contributed by atoms with Gasteiger partial charge >= 0.3 is 0 Å². The van der Waals surface area contributed by atoms with Gasteiger partial charge in [-0.1, -0.05) is 112 Å². The van der Waals surface area contributed by atoms with Crippen molar-refractivity contribution in [2.75, 3.05) is 6.61 Å². The van der Waals surface area contributed by atoms with Crippen LogP contribution in [0.4, 0.5) is 0 Å². The second kappa shape index (κ2) is 17.9. The molecule has 7 nitrogen and oxygen atoms in total. The number of rotatable bonds is 18. The van der Waals surface area contributed by atoms with Crippen LogP contribution in [0.25, 0.3) is 34.2 Å². The van der Waals surface area contributed by atoms with E-state index in [9.17, 15) is 10.2 Å². The highest BCUT2D eigenvalue weighted by Crippen LogP contribution is 2.34. The summed E-state index contributed by atoms with van der Waals surface area (Å²) >= 11 is 0. The van der Waals surface area contributed by atoms with Crippen molar-refractivity contribution in [2.45, 2.75) is 118 Å². The fourth-order valence-electron chi connectivity index (χ4n) is 5.83. The molecule has 4 aromatic rings. The molecule has 2 unspecified atom stereocenters. The molecule has 0 spiro atoms. The van der Waals surface area contributed by atoms with Crippen LogP contribution < -0.4 is 4.74 Å². The van der Waals surface area contributed by atoms with Gasteiger partial charge in [0.1, 0.15) is 17.6 Å². The van der Waals surface area contributed by atoms with Crippen molar-refractivity contribution in [1.29, 1.82) is 0 Å². The molecule has 7 heteroatoms. The van der Waals surface area contributed by atoms with Gasteiger partial charge in [-0.3, -0.25) is 0 Å². The van der Waals surface area contributed by atoms with Gasteiger partial charge in [-0.15, -0.1) is 0 Å². The van der Waals surface area contributed by atoms with Crippen LogP contribution >= 0.6 is 0 Å². The standard InChI is InChI=1S/C40H53N3O4/c1-7-8-9-10-11-12-13-14-15-16-23-46-40(31(6)44)47-32-19-22-35(36(45)26-32)39-42-37(33-20-17-27(2)24-29(33)4)41-38(43-39)34-21-18-28(3)25-30(34)5/h17-22,24-26,31,40,44-45H,7-16,23H2,1-6H3. The van der Waals surface area contributed by atoms with E-state index in [1.807, 2.05) is 38.1 Å². The van der Waals surface area contributed by atoms with Crippen molar-refractivity contribution in [3.63, 3.8) is 0 Å². The van der Waals surface area contributed by atoms with Crippen molar-refractivity contribution in [1.82, 2.24) is 15.0 Å². The Hall–Kier alpha value is -3.81. The SMILES string of the molecule is CCCCCCCCCCCCOC(Oc1ccc(-c2nc(-c3ccc(C)cc3C)nc(-c3ccc(C)cc3C)n2)c(O)c1)C(C)O. The zero-order valence-corrected chi connectivity index (χ0v) is 29.2. The lowest BCUT2D eigenvalue weighted by Gasteiger charge is -2.22. The van der Waals surface area contributed by atoms with Gasteiger partial charge in [0.05, 0.1) is 12.2 Å². The van der Waals surface area contributed by atoms with Crippen LogP contribution in [-0.2, 0) is 4.74 Å². The molecule has 0 aliphatic carbocycles. The predicted octanol–water partition coefficient (Wildman–Crippen LogP) is 9.84. The van der Waals surface area contributed by atoms with Gasteiger partial charge in [-0.05, 0) is 64.3 Å². The smallest absolute Gasteiger partial charge is 0.225 e. The number of phenolic OH excluding ortho intramolecular Hbond substituents is 1. The summed E-state index contributed by atoms with van der Waals surface area (Å²) in [6.45, 7) is 12.6. The molecule has 1 heterocycles. The van der Waals surface area contributed by atoms with E-state index < -0.39 is 12.4 Å². The van der Waals surface area contributed by atoms with E-state index in [0.29, 0.717) is 35.4 Å². The summed E-state index contributed by atoms with van der Waals surface area (Å²) in [4.78, 5) is 14.5. The highest BCUT2D eigenvalue weighted by atomic mass is 16.7. The van der Waals surface area contributed by atoms with Gasteiger partial charge < -0.3 is 19.7 Å². The molecular weight excluding hydrogens is 586 g/mol. The number of aliphatic hydroxyl groups is 1. The first-order valence-electron chi connectivity index (χ1n) is 17.4. The lowest BCUT2D eigenvalue weighted by molar-refractivity contribution is -0.140. The number of aryl methyl sites for hydroxylation is 4. The maximum absolute atomic E-state index is 11.2. The van der Waals surface area contributed by atoms with Crippen LogP contribution in [0, 0.1) is 27.7 Å². The molecule has 47 heavy (non-hydrogen) atoms. The lowest BCUT2D eigenvalue weighted by Crippen LogP contribution is -2.32. The number of aromatic hydroxyl groups is 1. The van der Waals surface area contributed by atoms with Gasteiger partial charge in [0.25, 0.3) is 0 Å². The molecular formula is C40H53N3O4. The van der Waals surface area contributed by atoms with Crippen LogP contribution in [0.1, 0.15) is 100 Å². The third-order valence-corrected chi connectivity index (χ3v) is 8.52. The van der Waals surface area contributed by atoms with E-state index in [4.69, 9.17) is 24.4 Å². The minimum Gasteiger partial charge on any atom is -0.507 e. The van der Waals surface area contributed by atoms with Crippen molar-refractivity contribution in [3.8, 4) is 45.7 Å². The van der Waals surface area contributed by atoms with E-state index >= 15 is 0 Å². The molecule has 0 aliphatic rings. The summed E-state index contributed by atoms with van der Waals surface area (Å²) in [5, 5.41) is 21.5. The van der Waals surface area contributed by atoms with Crippen LogP contribution in [0.2, 0.25) is 0 Å². The van der Waals surface area contributed by atoms with E-state index in [0.717, 1.165) is 46.2 Å². The zero-order chi connectivity index (χ0) is 33.8. The van der Waals surface area contributed by atoms with Gasteiger partial charge in [-0.2, -0.15) is 0 Å². The van der Waals surface area contributed by atoms with E-state index in [-0.39, 0.29) is 5.75 Å². The molecule has 0 aliphatic heterocycles. The Morgan fingerprint density at radius 2 is 1.09 bits per heavy atom. The number of benzene rings is 3. The monoisotopic (exact) mass is 639 g/mol. The van der Waals surface area contributed by atoms with E-state index in [1.165, 1.54) is 57.4 Å². The Kier molecular flexibility index (Phi) is 13.7. The third kappa shape index (κ3) is 10.6. The Balaban J connectivity index is 1.47. The number of nitrogens with zero attached hydrogens (tertiary/aromatic N) is 3. The van der Waals surface area contributed by atoms with Gasteiger partial charge in [0.2, 0.25) is 6.29 Å². The Morgan fingerprint density at radius 3 is 1.55 bits per heavy atom. The van der Waals surface area contributed by atoms with Crippen molar-refractivity contribution in [3.05, 3.63) is 76.9 Å². The first-order valence-corrected chi connectivity index (χ1v) is 17.4. The summed E-state index contributed by atoms with van der Waals surface area (Å²) < 4.78 is 11.9. The summed E-state index contributed by atoms with van der Waals surface area (Å²) in [5.41, 5.74) is 6.70. The topological polar surface area (TPSA) is 97.6 Å². The Bertz CT molecular complexity index is 1520. The molecule has 3 aromatic carbocycles. The van der Waals surface area contributed by atoms with Crippen LogP contribution in [0.15, 0.2) is 54.6 Å². The number of hydrogen-bond acceptors (Lipinski definition) is 7. The highest BCUT2D eigenvalue weighted by molar-refractivity contribution is 5.72. The molecule has 0 saturated heterocycles. The first-order chi connectivity index (χ1) is 22.7. The summed E-state index contributed by atoms with van der Waals surface area (Å²) in [6.07, 6.45) is 10.7. The molecule has 0 saturated carbocycles. The van der Waals surface area contributed by atoms with E-state index in [2.05, 4.69) is 32.9 Å². The molecule has 4 rings (SSSR count). The normalized spacial score (nSPS) is 12.7. The van der Waals surface area contributed by atoms with Crippen LogP contribution in [0.5, 0.6) is 11.5 Å². The quantitative estimate of drug-likeness (QED) is 0.0826. The fourth-order valence-corrected chi connectivity index (χ4v) is 5.83. The number of aliphatic hydroxyl groups excluding tert-OH is 1. The molecule has 0 radical (unpaired) electrons. The number of aromatic nitrogens is 3. The number of ether oxygens (including phenoxy) is 2. The first kappa shape index (κ1) is 36.0. The number of phenols is 1. The Labute approximate surface area is 281 Å². The van der Waals surface area contributed by atoms with Gasteiger partial charge in [0, 0.05) is 17.2 Å². The van der Waals surface area contributed by atoms with Crippen molar-refractivity contribution >= 4 is 0 Å². The largest absolute Gasteiger partial charge is 0.507 e. The molecule has 0 fully saturated rings. The predicted molar refractivity (Wildman–Crippen MR) is 191 cm³/mol. The van der Waals surface area contributed by atoms with Crippen LogP contribution in [-0.4, -0.2) is 44.2 Å². The lowest BCUT2D eigenvalue weighted by atomic mass is 10.0. The average molecular weight is 640 g/mol. The summed E-state index contributed by atoms with van der Waals surface area (Å²) in [5.74, 6) is 1.79. The minimum absolute atomic E-state index is 0.0362.